The van der Waals surface area contributed by atoms with E-state index in [2.05, 4.69) is 20.2 Å². The fraction of sp³-hybridized carbons (Fsp3) is 0.318. The van der Waals surface area contributed by atoms with E-state index >= 15 is 4.39 Å². The number of nitrogens with zero attached hydrogens (tertiary/aromatic N) is 4. The maximum atomic E-state index is 15.0. The Bertz CT molecular complexity index is 1110. The number of halogens is 1. The number of fused-ring (bicyclic) bond motifs is 3. The number of aromatic nitrogens is 3. The van der Waals surface area contributed by atoms with E-state index in [4.69, 9.17) is 5.73 Å². The molecule has 0 spiro atoms. The second kappa shape index (κ2) is 6.91. The first kappa shape index (κ1) is 18.7. The van der Waals surface area contributed by atoms with Crippen LogP contribution in [0.3, 0.4) is 0 Å². The van der Waals surface area contributed by atoms with Crippen molar-refractivity contribution >= 4 is 11.6 Å². The lowest BCUT2D eigenvalue weighted by atomic mass is 9.97. The zero-order valence-corrected chi connectivity index (χ0v) is 16.7. The van der Waals surface area contributed by atoms with Crippen LogP contribution >= 0.6 is 0 Å². The van der Waals surface area contributed by atoms with Crippen molar-refractivity contribution in [1.82, 2.24) is 19.9 Å². The van der Waals surface area contributed by atoms with Gasteiger partial charge in [0.2, 0.25) is 0 Å². The highest BCUT2D eigenvalue weighted by Crippen LogP contribution is 2.44. The largest absolute Gasteiger partial charge is 0.364 e. The molecule has 1 atom stereocenters. The van der Waals surface area contributed by atoms with Crippen LogP contribution in [0.15, 0.2) is 48.7 Å². The third-order valence-electron chi connectivity index (χ3n) is 5.96. The molecule has 1 fully saturated rings. The van der Waals surface area contributed by atoms with Crippen molar-refractivity contribution in [2.24, 2.45) is 11.7 Å². The molecule has 2 aromatic heterocycles. The number of benzene rings is 1. The highest BCUT2D eigenvalue weighted by molar-refractivity contribution is 5.93. The molecule has 154 valence electrons. The van der Waals surface area contributed by atoms with Crippen molar-refractivity contribution in [3.63, 3.8) is 0 Å². The summed E-state index contributed by atoms with van der Waals surface area (Å²) >= 11 is 0. The topological polar surface area (TPSA) is 89.1 Å². The highest BCUT2D eigenvalue weighted by Gasteiger charge is 2.47. The van der Waals surface area contributed by atoms with Gasteiger partial charge in [0.25, 0.3) is 12.0 Å². The van der Waals surface area contributed by atoms with Crippen molar-refractivity contribution in [1.29, 1.82) is 0 Å². The summed E-state index contributed by atoms with van der Waals surface area (Å²) in [5.41, 5.74) is 7.38. The van der Waals surface area contributed by atoms with Crippen molar-refractivity contribution in [3.8, 4) is 5.69 Å². The Morgan fingerprint density at radius 2 is 1.97 bits per heavy atom. The first-order chi connectivity index (χ1) is 14.5. The number of carbonyl (C=O) groups excluding carboxylic acids is 1. The summed E-state index contributed by atoms with van der Waals surface area (Å²) in [4.78, 5) is 22.7. The molecule has 0 radical (unpaired) electrons. The van der Waals surface area contributed by atoms with E-state index in [1.54, 1.807) is 6.20 Å². The van der Waals surface area contributed by atoms with E-state index in [0.29, 0.717) is 23.8 Å². The lowest BCUT2D eigenvalue weighted by Gasteiger charge is -2.48. The SMILES string of the molecule is C[C@]1(NCC2CC2)c2c(C(N)=O)nc(F)n2-c2ccccc2N1Cc1ccccn1. The standard InChI is InChI=1S/C22H23FN6O/c1-22(26-12-14-9-10-14)19-18(20(24)30)27-21(23)29(19)17-8-3-2-7-16(17)28(22)13-15-6-4-5-11-25-15/h2-8,11,14,26H,9-10,12-13H2,1H3,(H2,24,30)/t22-/m1/s1. The minimum atomic E-state index is -0.907. The number of rotatable bonds is 6. The Hall–Kier alpha value is -3.26. The zero-order chi connectivity index (χ0) is 20.9. The fourth-order valence-electron chi connectivity index (χ4n) is 4.22. The molecule has 1 aliphatic carbocycles. The lowest BCUT2D eigenvalue weighted by molar-refractivity contribution is 0.0991. The predicted octanol–water partition coefficient (Wildman–Crippen LogP) is 2.70. The number of imidazole rings is 1. The minimum absolute atomic E-state index is 0.0566. The third-order valence-corrected chi connectivity index (χ3v) is 5.96. The van der Waals surface area contributed by atoms with Gasteiger partial charge in [0.15, 0.2) is 5.69 Å². The van der Waals surface area contributed by atoms with Crippen molar-refractivity contribution in [3.05, 3.63) is 71.8 Å². The number of para-hydroxylation sites is 2. The summed E-state index contributed by atoms with van der Waals surface area (Å²) in [6.07, 6.45) is 3.33. The van der Waals surface area contributed by atoms with Gasteiger partial charge in [-0.2, -0.15) is 9.37 Å². The van der Waals surface area contributed by atoms with Crippen molar-refractivity contribution in [2.45, 2.75) is 32.0 Å². The molecule has 2 aliphatic rings. The van der Waals surface area contributed by atoms with Gasteiger partial charge in [-0.05, 0) is 49.9 Å². The number of hydrogen-bond donors (Lipinski definition) is 2. The highest BCUT2D eigenvalue weighted by atomic mass is 19.1. The number of nitrogens with two attached hydrogens (primary N) is 1. The van der Waals surface area contributed by atoms with Crippen LogP contribution in [-0.2, 0) is 12.2 Å². The molecule has 1 aliphatic heterocycles. The van der Waals surface area contributed by atoms with Crippen molar-refractivity contribution in [2.75, 3.05) is 11.4 Å². The van der Waals surface area contributed by atoms with Crippen LogP contribution < -0.4 is 16.0 Å². The van der Waals surface area contributed by atoms with Gasteiger partial charge in [0, 0.05) is 12.7 Å². The minimum Gasteiger partial charge on any atom is -0.364 e. The Labute approximate surface area is 173 Å². The summed E-state index contributed by atoms with van der Waals surface area (Å²) in [6.45, 7) is 3.17. The molecule has 7 nitrogen and oxygen atoms in total. The number of amides is 1. The van der Waals surface area contributed by atoms with E-state index in [0.717, 1.165) is 30.8 Å². The number of nitrogens with one attached hydrogen (secondary N) is 1. The normalized spacial score (nSPS) is 20.0. The van der Waals surface area contributed by atoms with Gasteiger partial charge in [0.05, 0.1) is 29.3 Å². The molecule has 0 unspecified atom stereocenters. The number of carbonyl (C=O) groups is 1. The molecule has 1 saturated carbocycles. The molecule has 3 N–H and O–H groups in total. The predicted molar refractivity (Wildman–Crippen MR) is 111 cm³/mol. The first-order valence-electron chi connectivity index (χ1n) is 10.1. The number of pyridine rings is 1. The summed E-state index contributed by atoms with van der Waals surface area (Å²) in [5.74, 6) is -0.173. The summed E-state index contributed by atoms with van der Waals surface area (Å²) < 4.78 is 16.4. The molecule has 3 aromatic rings. The average Bonchev–Trinajstić information content (AvgIpc) is 3.51. The molecular weight excluding hydrogens is 383 g/mol. The summed E-state index contributed by atoms with van der Waals surface area (Å²) in [7, 11) is 0. The van der Waals surface area contributed by atoms with E-state index in [1.165, 1.54) is 4.57 Å². The van der Waals surface area contributed by atoms with Gasteiger partial charge < -0.3 is 10.6 Å². The summed E-state index contributed by atoms with van der Waals surface area (Å²) in [6, 6.07) is 13.3. The van der Waals surface area contributed by atoms with Gasteiger partial charge in [-0.1, -0.05) is 18.2 Å². The van der Waals surface area contributed by atoms with Crippen LogP contribution in [0.25, 0.3) is 5.69 Å². The van der Waals surface area contributed by atoms with E-state index in [1.807, 2.05) is 49.4 Å². The van der Waals surface area contributed by atoms with Crippen molar-refractivity contribution < 1.29 is 9.18 Å². The molecule has 30 heavy (non-hydrogen) atoms. The Morgan fingerprint density at radius 3 is 2.63 bits per heavy atom. The lowest BCUT2D eigenvalue weighted by Crippen LogP contribution is -2.58. The van der Waals surface area contributed by atoms with E-state index in [9.17, 15) is 4.79 Å². The fourth-order valence-corrected chi connectivity index (χ4v) is 4.22. The van der Waals surface area contributed by atoms with Crippen LogP contribution in [-0.4, -0.2) is 27.0 Å². The van der Waals surface area contributed by atoms with Gasteiger partial charge in [0.1, 0.15) is 5.66 Å². The zero-order valence-electron chi connectivity index (χ0n) is 16.7. The second-order valence-electron chi connectivity index (χ2n) is 8.07. The van der Waals surface area contributed by atoms with E-state index in [-0.39, 0.29) is 5.69 Å². The van der Waals surface area contributed by atoms with Crippen LogP contribution in [0.5, 0.6) is 0 Å². The monoisotopic (exact) mass is 406 g/mol. The molecule has 3 heterocycles. The Kier molecular flexibility index (Phi) is 4.32. The summed E-state index contributed by atoms with van der Waals surface area (Å²) in [5, 5.41) is 3.60. The van der Waals surface area contributed by atoms with Crippen LogP contribution in [0.2, 0.25) is 0 Å². The third kappa shape index (κ3) is 2.95. The molecule has 8 heteroatoms. The van der Waals surface area contributed by atoms with Crippen LogP contribution in [0.1, 0.15) is 41.6 Å². The van der Waals surface area contributed by atoms with Gasteiger partial charge in [-0.3, -0.25) is 19.7 Å². The van der Waals surface area contributed by atoms with Crippen LogP contribution in [0, 0.1) is 12.0 Å². The van der Waals surface area contributed by atoms with Crippen LogP contribution in [0.4, 0.5) is 10.1 Å². The molecule has 0 saturated heterocycles. The Morgan fingerprint density at radius 1 is 1.23 bits per heavy atom. The molecule has 5 rings (SSSR count). The average molecular weight is 406 g/mol. The quantitative estimate of drug-likeness (QED) is 0.657. The van der Waals surface area contributed by atoms with Gasteiger partial charge >= 0.3 is 0 Å². The van der Waals surface area contributed by atoms with E-state index < -0.39 is 17.6 Å². The maximum Gasteiger partial charge on any atom is 0.294 e. The second-order valence-corrected chi connectivity index (χ2v) is 8.07. The molecular formula is C22H23FN6O. The molecule has 0 bridgehead atoms. The molecule has 1 aromatic carbocycles. The Balaban J connectivity index is 1.72. The number of hydrogen-bond acceptors (Lipinski definition) is 5. The first-order valence-corrected chi connectivity index (χ1v) is 10.1. The smallest absolute Gasteiger partial charge is 0.294 e. The number of anilines is 1. The maximum absolute atomic E-state index is 15.0. The number of primary amides is 1. The molecule has 1 amide bonds. The van der Waals surface area contributed by atoms with Gasteiger partial charge in [-0.15, -0.1) is 0 Å². The van der Waals surface area contributed by atoms with Gasteiger partial charge in [-0.25, -0.2) is 0 Å².